The first-order chi connectivity index (χ1) is 6.36. The third kappa shape index (κ3) is 1.52. The van der Waals surface area contributed by atoms with Crippen molar-refractivity contribution in [3.8, 4) is 0 Å². The Kier molecular flexibility index (Phi) is 2.67. The summed E-state index contributed by atoms with van der Waals surface area (Å²) in [5.74, 6) is 2.94. The molecule has 1 fully saturated rings. The molecule has 1 aromatic heterocycles. The van der Waals surface area contributed by atoms with Gasteiger partial charge < -0.3 is 4.57 Å². The quantitative estimate of drug-likeness (QED) is 0.764. The van der Waals surface area contributed by atoms with Gasteiger partial charge in [0.1, 0.15) is 11.6 Å². The molecule has 0 aliphatic heterocycles. The van der Waals surface area contributed by atoms with Crippen LogP contribution in [0.4, 0.5) is 0 Å². The molecule has 0 atom stereocenters. The average molecular weight is 244 g/mol. The summed E-state index contributed by atoms with van der Waals surface area (Å²) in [4.78, 5) is 0. The molecule has 1 saturated carbocycles. The van der Waals surface area contributed by atoms with Gasteiger partial charge in [-0.15, -0.1) is 10.2 Å². The van der Waals surface area contributed by atoms with Crippen LogP contribution in [0.15, 0.2) is 0 Å². The zero-order valence-corrected chi connectivity index (χ0v) is 9.42. The van der Waals surface area contributed by atoms with E-state index < -0.39 is 0 Å². The van der Waals surface area contributed by atoms with Crippen LogP contribution < -0.4 is 0 Å². The lowest BCUT2D eigenvalue weighted by atomic mass is 9.85. The van der Waals surface area contributed by atoms with Crippen molar-refractivity contribution in [2.45, 2.75) is 44.0 Å². The number of aromatic nitrogens is 3. The predicted molar refractivity (Wildman–Crippen MR) is 54.9 cm³/mol. The van der Waals surface area contributed by atoms with Crippen LogP contribution in [0.5, 0.6) is 0 Å². The average Bonchev–Trinajstić information content (AvgIpc) is 2.44. The van der Waals surface area contributed by atoms with Crippen molar-refractivity contribution in [3.63, 3.8) is 0 Å². The lowest BCUT2D eigenvalue weighted by molar-refractivity contribution is 0.387. The highest BCUT2D eigenvalue weighted by Gasteiger charge is 2.25. The van der Waals surface area contributed by atoms with Crippen LogP contribution in [-0.2, 0) is 11.9 Å². The minimum Gasteiger partial charge on any atom is -0.314 e. The molecule has 0 bridgehead atoms. The summed E-state index contributed by atoms with van der Waals surface area (Å²) in [6.07, 6.45) is 3.94. The summed E-state index contributed by atoms with van der Waals surface area (Å²) in [6.45, 7) is 3.14. The maximum absolute atomic E-state index is 4.26. The van der Waals surface area contributed by atoms with E-state index in [2.05, 4.69) is 37.6 Å². The predicted octanol–water partition coefficient (Wildman–Crippen LogP) is 2.46. The van der Waals surface area contributed by atoms with E-state index in [1.807, 2.05) is 0 Å². The molecule has 0 amide bonds. The molecule has 13 heavy (non-hydrogen) atoms. The van der Waals surface area contributed by atoms with Gasteiger partial charge in [-0.3, -0.25) is 0 Å². The third-order valence-electron chi connectivity index (χ3n) is 2.76. The minimum atomic E-state index is 0.681. The standard InChI is InChI=1S/C9H14BrN3/c1-2-13-8(6-10)11-12-9(13)7-4-3-5-7/h7H,2-6H2,1H3. The van der Waals surface area contributed by atoms with Crippen LogP contribution in [0.1, 0.15) is 43.8 Å². The van der Waals surface area contributed by atoms with E-state index in [4.69, 9.17) is 0 Å². The fourth-order valence-electron chi connectivity index (χ4n) is 1.76. The van der Waals surface area contributed by atoms with Crippen LogP contribution in [0.25, 0.3) is 0 Å². The lowest BCUT2D eigenvalue weighted by Crippen LogP contribution is -2.15. The van der Waals surface area contributed by atoms with Gasteiger partial charge in [-0.25, -0.2) is 0 Å². The topological polar surface area (TPSA) is 30.7 Å². The Morgan fingerprint density at radius 1 is 1.46 bits per heavy atom. The van der Waals surface area contributed by atoms with E-state index in [0.29, 0.717) is 5.92 Å². The van der Waals surface area contributed by atoms with Crippen molar-refractivity contribution in [2.24, 2.45) is 0 Å². The number of hydrogen-bond donors (Lipinski definition) is 0. The molecule has 4 heteroatoms. The molecule has 72 valence electrons. The number of halogens is 1. The van der Waals surface area contributed by atoms with Gasteiger partial charge in [-0.2, -0.15) is 0 Å². The first kappa shape index (κ1) is 9.19. The molecule has 3 nitrogen and oxygen atoms in total. The van der Waals surface area contributed by atoms with Gasteiger partial charge in [0.25, 0.3) is 0 Å². The fraction of sp³-hybridized carbons (Fsp3) is 0.778. The Balaban J connectivity index is 2.28. The smallest absolute Gasteiger partial charge is 0.143 e. The summed E-state index contributed by atoms with van der Waals surface area (Å²) >= 11 is 3.43. The molecule has 0 aromatic carbocycles. The highest BCUT2D eigenvalue weighted by Crippen LogP contribution is 2.35. The van der Waals surface area contributed by atoms with Gasteiger partial charge in [0.15, 0.2) is 0 Å². The summed E-state index contributed by atoms with van der Waals surface area (Å²) in [5.41, 5.74) is 0. The van der Waals surface area contributed by atoms with Crippen molar-refractivity contribution >= 4 is 15.9 Å². The highest BCUT2D eigenvalue weighted by atomic mass is 79.9. The van der Waals surface area contributed by atoms with E-state index in [1.165, 1.54) is 25.1 Å². The van der Waals surface area contributed by atoms with E-state index >= 15 is 0 Å². The number of nitrogens with zero attached hydrogens (tertiary/aromatic N) is 3. The summed E-state index contributed by atoms with van der Waals surface area (Å²) in [6, 6.07) is 0. The van der Waals surface area contributed by atoms with Gasteiger partial charge in [0, 0.05) is 12.5 Å². The second-order valence-electron chi connectivity index (χ2n) is 3.48. The molecule has 0 spiro atoms. The number of rotatable bonds is 3. The van der Waals surface area contributed by atoms with Gasteiger partial charge in [-0.1, -0.05) is 22.4 Å². The minimum absolute atomic E-state index is 0.681. The zero-order chi connectivity index (χ0) is 9.26. The Hall–Kier alpha value is -0.380. The molecule has 1 aromatic rings. The van der Waals surface area contributed by atoms with Gasteiger partial charge >= 0.3 is 0 Å². The zero-order valence-electron chi connectivity index (χ0n) is 7.83. The van der Waals surface area contributed by atoms with Crippen LogP contribution in [0, 0.1) is 0 Å². The Morgan fingerprint density at radius 3 is 2.69 bits per heavy atom. The maximum atomic E-state index is 4.26. The van der Waals surface area contributed by atoms with E-state index in [0.717, 1.165) is 17.7 Å². The number of alkyl halides is 1. The second-order valence-corrected chi connectivity index (χ2v) is 4.04. The molecule has 0 unspecified atom stereocenters. The molecule has 0 radical (unpaired) electrons. The van der Waals surface area contributed by atoms with Crippen LogP contribution in [-0.4, -0.2) is 14.8 Å². The number of hydrogen-bond acceptors (Lipinski definition) is 2. The molecule has 1 aliphatic carbocycles. The maximum Gasteiger partial charge on any atom is 0.143 e. The van der Waals surface area contributed by atoms with E-state index in [-0.39, 0.29) is 0 Å². The Bertz CT molecular complexity index is 291. The molecule has 1 aliphatic rings. The van der Waals surface area contributed by atoms with Gasteiger partial charge in [-0.05, 0) is 19.8 Å². The normalized spacial score (nSPS) is 17.4. The summed E-state index contributed by atoms with van der Waals surface area (Å²) in [7, 11) is 0. The van der Waals surface area contributed by atoms with Crippen molar-refractivity contribution in [1.29, 1.82) is 0 Å². The van der Waals surface area contributed by atoms with Crippen LogP contribution in [0.2, 0.25) is 0 Å². The molecular weight excluding hydrogens is 230 g/mol. The van der Waals surface area contributed by atoms with Crippen molar-refractivity contribution < 1.29 is 0 Å². The van der Waals surface area contributed by atoms with Crippen molar-refractivity contribution in [3.05, 3.63) is 11.6 Å². The second kappa shape index (κ2) is 3.78. The first-order valence-corrected chi connectivity index (χ1v) is 5.97. The van der Waals surface area contributed by atoms with Crippen LogP contribution >= 0.6 is 15.9 Å². The summed E-state index contributed by atoms with van der Waals surface area (Å²) in [5, 5.41) is 9.24. The highest BCUT2D eigenvalue weighted by molar-refractivity contribution is 9.08. The van der Waals surface area contributed by atoms with Gasteiger partial charge in [0.2, 0.25) is 0 Å². The van der Waals surface area contributed by atoms with Crippen molar-refractivity contribution in [1.82, 2.24) is 14.8 Å². The summed E-state index contributed by atoms with van der Waals surface area (Å²) < 4.78 is 2.23. The lowest BCUT2D eigenvalue weighted by Gasteiger charge is -2.24. The SMILES string of the molecule is CCn1c(CBr)nnc1C1CCC1. The fourth-order valence-corrected chi connectivity index (χ4v) is 2.18. The molecular formula is C9H14BrN3. The molecule has 1 heterocycles. The molecule has 2 rings (SSSR count). The van der Waals surface area contributed by atoms with Crippen LogP contribution in [0.3, 0.4) is 0 Å². The Labute approximate surface area is 86.7 Å². The molecule has 0 N–H and O–H groups in total. The largest absolute Gasteiger partial charge is 0.314 e. The first-order valence-electron chi connectivity index (χ1n) is 4.84. The molecule has 0 saturated heterocycles. The third-order valence-corrected chi connectivity index (χ3v) is 3.26. The van der Waals surface area contributed by atoms with Crippen molar-refractivity contribution in [2.75, 3.05) is 0 Å². The van der Waals surface area contributed by atoms with Gasteiger partial charge in [0.05, 0.1) is 5.33 Å². The Morgan fingerprint density at radius 2 is 2.23 bits per heavy atom. The van der Waals surface area contributed by atoms with E-state index in [9.17, 15) is 0 Å². The monoisotopic (exact) mass is 243 g/mol. The van der Waals surface area contributed by atoms with E-state index in [1.54, 1.807) is 0 Å².